The van der Waals surface area contributed by atoms with Crippen LogP contribution >= 0.6 is 0 Å². The number of hydrogen-bond donors (Lipinski definition) is 16. The molecular formula is C42H73N17O11. The average Bonchev–Trinajstić information content (AvgIpc) is 4.04. The van der Waals surface area contributed by atoms with Crippen LogP contribution in [0, 0.1) is 0 Å². The molecule has 8 amide bonds. The Morgan fingerprint density at radius 1 is 0.814 bits per heavy atom. The van der Waals surface area contributed by atoms with Crippen LogP contribution in [0.25, 0.3) is 0 Å². The standard InChI is InChI=1S/C42H73N17O11/c1-24(53-38(66)31(22-60)58-35(63)26(46)9-2-4-14-43)34(62)51-21-33(61)54-28(11-6-16-45)40(68)59-18-8-13-32(59)39(67)57-30(19-25-20-49-23-52-25)37(65)55-27(10-3-5-15-44)36(64)56-29(41(69)70)12-7-17-50-42(47)48/h12,20,23-24,26-28,30-32,60H,2-11,13-19,21-22,43-46H2,1H3,(H,49,52)(H,51,62)(H,53,66)(H,54,61)(H,55,65)(H,56,64)(H,57,67)(H,58,63)(H,69,70)(H4,47,48,50)/b29-12-/t24-,26-,27-,28+,30-,31-,32-/m0/s1. The normalized spacial score (nSPS) is 16.0. The molecule has 0 spiro atoms. The highest BCUT2D eigenvalue weighted by Crippen LogP contribution is 2.20. The molecule has 1 aliphatic rings. The summed E-state index contributed by atoms with van der Waals surface area (Å²) in [4.78, 5) is 131. The van der Waals surface area contributed by atoms with Crippen LogP contribution in [0.3, 0.4) is 0 Å². The lowest BCUT2D eigenvalue weighted by atomic mass is 10.1. The van der Waals surface area contributed by atoms with E-state index in [0.717, 1.165) is 0 Å². The Morgan fingerprint density at radius 2 is 1.46 bits per heavy atom. The number of carboxylic acid groups (broad SMARTS) is 1. The molecule has 1 fully saturated rings. The summed E-state index contributed by atoms with van der Waals surface area (Å²) < 4.78 is 0. The lowest BCUT2D eigenvalue weighted by Crippen LogP contribution is -2.59. The van der Waals surface area contributed by atoms with E-state index in [1.165, 1.54) is 30.4 Å². The molecule has 70 heavy (non-hydrogen) atoms. The number of likely N-dealkylation sites (tertiary alicyclic amines) is 1. The highest BCUT2D eigenvalue weighted by molar-refractivity contribution is 5.99. The molecule has 0 saturated carbocycles. The monoisotopic (exact) mass is 992 g/mol. The molecular weight excluding hydrogens is 919 g/mol. The number of aliphatic carboxylic acids is 1. The van der Waals surface area contributed by atoms with Gasteiger partial charge in [-0.05, 0) is 90.8 Å². The molecule has 2 heterocycles. The Kier molecular flexibility index (Phi) is 27.3. The number of H-pyrrole nitrogens is 1. The van der Waals surface area contributed by atoms with Gasteiger partial charge in [0.2, 0.25) is 47.3 Å². The van der Waals surface area contributed by atoms with Crippen molar-refractivity contribution in [2.24, 2.45) is 39.4 Å². The number of carbonyl (C=O) groups is 9. The van der Waals surface area contributed by atoms with Crippen molar-refractivity contribution in [1.29, 1.82) is 0 Å². The molecule has 1 aliphatic heterocycles. The molecule has 1 aromatic rings. The minimum absolute atomic E-state index is 0.0454. The Hall–Kier alpha value is -6.75. The first-order chi connectivity index (χ1) is 33.4. The molecule has 28 heteroatoms. The van der Waals surface area contributed by atoms with Crippen LogP contribution in [0.15, 0.2) is 29.3 Å². The third-order valence-corrected chi connectivity index (χ3v) is 10.9. The van der Waals surface area contributed by atoms with Gasteiger partial charge in [0.25, 0.3) is 0 Å². The number of guanidine groups is 1. The maximum Gasteiger partial charge on any atom is 0.352 e. The van der Waals surface area contributed by atoms with Crippen molar-refractivity contribution in [3.8, 4) is 0 Å². The maximum absolute atomic E-state index is 14.1. The number of nitrogens with one attached hydrogen (secondary N) is 8. The number of rotatable bonds is 33. The van der Waals surface area contributed by atoms with Crippen molar-refractivity contribution < 1.29 is 53.4 Å². The molecule has 1 aromatic heterocycles. The van der Waals surface area contributed by atoms with Gasteiger partial charge in [0, 0.05) is 31.4 Å². The fraction of sp³-hybridized carbons (Fsp3) is 0.643. The number of unbranched alkanes of at least 4 members (excludes halogenated alkanes) is 2. The largest absolute Gasteiger partial charge is 0.477 e. The molecule has 0 aliphatic carbocycles. The van der Waals surface area contributed by atoms with Gasteiger partial charge in [-0.15, -0.1) is 0 Å². The van der Waals surface area contributed by atoms with Crippen molar-refractivity contribution in [3.05, 3.63) is 30.0 Å². The third kappa shape index (κ3) is 21.3. The van der Waals surface area contributed by atoms with E-state index in [0.29, 0.717) is 50.8 Å². The minimum Gasteiger partial charge on any atom is -0.477 e. The van der Waals surface area contributed by atoms with Crippen LogP contribution < -0.4 is 71.6 Å². The molecule has 0 bridgehead atoms. The number of aromatic nitrogens is 2. The van der Waals surface area contributed by atoms with Crippen LogP contribution in [0.2, 0.25) is 0 Å². The van der Waals surface area contributed by atoms with E-state index in [1.807, 2.05) is 0 Å². The number of aliphatic imine (C=N–C) groups is 1. The van der Waals surface area contributed by atoms with Gasteiger partial charge in [0.05, 0.1) is 25.5 Å². The van der Waals surface area contributed by atoms with Gasteiger partial charge in [-0.2, -0.15) is 0 Å². The zero-order valence-corrected chi connectivity index (χ0v) is 39.6. The number of aliphatic hydroxyl groups excluding tert-OH is 1. The molecule has 1 saturated heterocycles. The van der Waals surface area contributed by atoms with Gasteiger partial charge in [-0.1, -0.05) is 12.5 Å². The summed E-state index contributed by atoms with van der Waals surface area (Å²) in [5.41, 5.74) is 33.3. The van der Waals surface area contributed by atoms with Gasteiger partial charge in [-0.25, -0.2) is 9.78 Å². The zero-order valence-electron chi connectivity index (χ0n) is 39.6. The first-order valence-electron chi connectivity index (χ1n) is 23.2. The third-order valence-electron chi connectivity index (χ3n) is 10.9. The number of aromatic amines is 1. The summed E-state index contributed by atoms with van der Waals surface area (Å²) in [5.74, 6) is -7.82. The van der Waals surface area contributed by atoms with Crippen molar-refractivity contribution in [2.45, 2.75) is 126 Å². The number of nitrogens with zero attached hydrogens (tertiary/aromatic N) is 3. The maximum atomic E-state index is 14.1. The van der Waals surface area contributed by atoms with Crippen molar-refractivity contribution in [3.63, 3.8) is 0 Å². The molecule has 392 valence electrons. The van der Waals surface area contributed by atoms with Crippen LogP contribution in [0.5, 0.6) is 0 Å². The van der Waals surface area contributed by atoms with Crippen molar-refractivity contribution >= 4 is 59.2 Å². The van der Waals surface area contributed by atoms with E-state index in [4.69, 9.17) is 34.4 Å². The first-order valence-corrected chi connectivity index (χ1v) is 23.2. The molecule has 0 radical (unpaired) electrons. The van der Waals surface area contributed by atoms with Crippen LogP contribution in [-0.4, -0.2) is 172 Å². The Labute approximate surface area is 405 Å². The quantitative estimate of drug-likeness (QED) is 0.0135. The van der Waals surface area contributed by atoms with Gasteiger partial charge < -0.3 is 91.7 Å². The first kappa shape index (κ1) is 59.4. The van der Waals surface area contributed by atoms with Crippen LogP contribution in [0.4, 0.5) is 0 Å². The second-order valence-electron chi connectivity index (χ2n) is 16.5. The SMILES string of the molecule is C[C@H](NC(=O)[C@H](CO)NC(=O)[C@@H](N)CCCCN)C(=O)NCC(=O)N[C@H](CCCN)C(=O)N1CCC[C@H]1C(=O)N[C@@H](Cc1cnc[nH]1)C(=O)N[C@@H](CCCCN)C(=O)N/C(=C\CCN=C(N)N)C(=O)O. The van der Waals surface area contributed by atoms with E-state index in [2.05, 4.69) is 52.2 Å². The zero-order chi connectivity index (χ0) is 52.2. The van der Waals surface area contributed by atoms with Crippen LogP contribution in [-0.2, 0) is 49.6 Å². The second kappa shape index (κ2) is 32.1. The number of nitrogens with two attached hydrogens (primary N) is 6. The van der Waals surface area contributed by atoms with Crippen molar-refractivity contribution in [2.75, 3.05) is 45.9 Å². The second-order valence-corrected chi connectivity index (χ2v) is 16.5. The molecule has 0 aromatic carbocycles. The summed E-state index contributed by atoms with van der Waals surface area (Å²) >= 11 is 0. The summed E-state index contributed by atoms with van der Waals surface area (Å²) in [6.07, 6.45) is 7.28. The van der Waals surface area contributed by atoms with Crippen LogP contribution in [0.1, 0.15) is 83.2 Å². The summed E-state index contributed by atoms with van der Waals surface area (Å²) in [5, 5.41) is 36.8. The topological polar surface area (TPSA) is 479 Å². The predicted molar refractivity (Wildman–Crippen MR) is 254 cm³/mol. The molecule has 22 N–H and O–H groups in total. The average molecular weight is 992 g/mol. The Morgan fingerprint density at radius 3 is 2.07 bits per heavy atom. The lowest BCUT2D eigenvalue weighted by molar-refractivity contribution is -0.142. The van der Waals surface area contributed by atoms with Gasteiger partial charge in [0.1, 0.15) is 41.9 Å². The molecule has 28 nitrogen and oxygen atoms in total. The van der Waals surface area contributed by atoms with E-state index in [9.17, 15) is 53.4 Å². The summed E-state index contributed by atoms with van der Waals surface area (Å²) in [7, 11) is 0. The van der Waals surface area contributed by atoms with Crippen molar-refractivity contribution in [1.82, 2.24) is 52.1 Å². The number of carboxylic acids is 1. The Balaban J connectivity index is 2.17. The van der Waals surface area contributed by atoms with Gasteiger partial charge in [-0.3, -0.25) is 43.3 Å². The number of carbonyl (C=O) groups excluding carboxylic acids is 8. The van der Waals surface area contributed by atoms with E-state index in [1.54, 1.807) is 0 Å². The number of amides is 8. The molecule has 0 unspecified atom stereocenters. The number of aliphatic hydroxyl groups is 1. The number of imidazole rings is 1. The molecule has 7 atom stereocenters. The van der Waals surface area contributed by atoms with Gasteiger partial charge >= 0.3 is 5.97 Å². The fourth-order valence-corrected chi connectivity index (χ4v) is 7.08. The summed E-state index contributed by atoms with van der Waals surface area (Å²) in [6, 6.07) is -8.51. The Bertz CT molecular complexity index is 1950. The number of hydrogen-bond acceptors (Lipinski definition) is 16. The van der Waals surface area contributed by atoms with E-state index < -0.39 is 114 Å². The highest BCUT2D eigenvalue weighted by Gasteiger charge is 2.39. The fourth-order valence-electron chi connectivity index (χ4n) is 7.08. The predicted octanol–water partition coefficient (Wildman–Crippen LogP) is -6.43. The lowest BCUT2D eigenvalue weighted by Gasteiger charge is -2.30. The van der Waals surface area contributed by atoms with Gasteiger partial charge in [0.15, 0.2) is 5.96 Å². The van der Waals surface area contributed by atoms with E-state index >= 15 is 0 Å². The highest BCUT2D eigenvalue weighted by atomic mass is 16.4. The summed E-state index contributed by atoms with van der Waals surface area (Å²) in [6.45, 7) is 0.895. The van der Waals surface area contributed by atoms with E-state index in [-0.39, 0.29) is 70.7 Å². The smallest absolute Gasteiger partial charge is 0.352 e. The minimum atomic E-state index is -1.45. The molecule has 2 rings (SSSR count).